The zero-order valence-electron chi connectivity index (χ0n) is 10.4. The molecule has 0 atom stereocenters. The van der Waals surface area contributed by atoms with Gasteiger partial charge in [0.15, 0.2) is 0 Å². The van der Waals surface area contributed by atoms with Crippen LogP contribution in [-0.2, 0) is 16.6 Å². The highest BCUT2D eigenvalue weighted by Crippen LogP contribution is 2.30. The number of benzene rings is 1. The number of anilines is 1. The smallest absolute Gasteiger partial charge is 0.269 e. The number of aromatic nitrogens is 1. The van der Waals surface area contributed by atoms with Crippen molar-refractivity contribution in [3.8, 4) is 0 Å². The number of hydrogen-bond donors (Lipinski definition) is 1. The standard InChI is InChI=1S/C13H11N3O3S/c14-9-5-6-15-10(7-9)8-16-13(17)11-3-1-2-4-12(11)20(16,18)19/h1-7H,8H2,(H2,14,15). The highest BCUT2D eigenvalue weighted by molar-refractivity contribution is 7.90. The van der Waals surface area contributed by atoms with E-state index in [1.165, 1.54) is 18.3 Å². The summed E-state index contributed by atoms with van der Waals surface area (Å²) in [4.78, 5) is 16.3. The summed E-state index contributed by atoms with van der Waals surface area (Å²) >= 11 is 0. The highest BCUT2D eigenvalue weighted by Gasteiger charge is 2.40. The van der Waals surface area contributed by atoms with Gasteiger partial charge in [0.25, 0.3) is 15.9 Å². The second-order valence-electron chi connectivity index (χ2n) is 4.39. The molecule has 0 saturated carbocycles. The van der Waals surface area contributed by atoms with Gasteiger partial charge in [0.05, 0.1) is 17.8 Å². The number of fused-ring (bicyclic) bond motifs is 1. The maximum Gasteiger partial charge on any atom is 0.269 e. The monoisotopic (exact) mass is 289 g/mol. The minimum absolute atomic E-state index is 0.0360. The number of carbonyl (C=O) groups excluding carboxylic acids is 1. The molecule has 1 aromatic heterocycles. The lowest BCUT2D eigenvalue weighted by molar-refractivity contribution is 0.0864. The third kappa shape index (κ3) is 1.83. The van der Waals surface area contributed by atoms with Crippen LogP contribution in [0, 0.1) is 0 Å². The molecule has 7 heteroatoms. The maximum absolute atomic E-state index is 12.3. The molecule has 0 unspecified atom stereocenters. The second-order valence-corrected chi connectivity index (χ2v) is 6.22. The number of hydrogen-bond acceptors (Lipinski definition) is 5. The second kappa shape index (κ2) is 4.31. The quantitative estimate of drug-likeness (QED) is 0.890. The lowest BCUT2D eigenvalue weighted by Crippen LogP contribution is -2.29. The van der Waals surface area contributed by atoms with Crippen molar-refractivity contribution in [2.24, 2.45) is 0 Å². The van der Waals surface area contributed by atoms with Gasteiger partial charge >= 0.3 is 0 Å². The molecule has 0 bridgehead atoms. The molecule has 2 heterocycles. The number of nitrogen functional groups attached to an aromatic ring is 1. The van der Waals surface area contributed by atoms with Gasteiger partial charge in [-0.25, -0.2) is 12.7 Å². The molecule has 2 aromatic rings. The largest absolute Gasteiger partial charge is 0.399 e. The van der Waals surface area contributed by atoms with Crippen molar-refractivity contribution in [3.63, 3.8) is 0 Å². The lowest BCUT2D eigenvalue weighted by atomic mass is 10.2. The number of carbonyl (C=O) groups is 1. The summed E-state index contributed by atoms with van der Waals surface area (Å²) in [6.45, 7) is -0.124. The Labute approximate surface area is 115 Å². The molecule has 1 amide bonds. The van der Waals surface area contributed by atoms with E-state index in [1.54, 1.807) is 24.3 Å². The lowest BCUT2D eigenvalue weighted by Gasteiger charge is -2.14. The van der Waals surface area contributed by atoms with Crippen LogP contribution in [0.5, 0.6) is 0 Å². The average Bonchev–Trinajstić information content (AvgIpc) is 2.61. The Bertz CT molecular complexity index is 802. The van der Waals surface area contributed by atoms with Gasteiger partial charge in [0.1, 0.15) is 4.90 Å². The predicted octanol–water partition coefficient (Wildman–Crippen LogP) is 1.01. The van der Waals surface area contributed by atoms with Gasteiger partial charge < -0.3 is 5.73 Å². The normalized spacial score (nSPS) is 16.2. The topological polar surface area (TPSA) is 93.4 Å². The molecule has 102 valence electrons. The average molecular weight is 289 g/mol. The number of sulfonamides is 1. The Hall–Kier alpha value is -2.41. The minimum atomic E-state index is -3.80. The van der Waals surface area contributed by atoms with Crippen LogP contribution in [0.4, 0.5) is 5.69 Å². The fourth-order valence-corrected chi connectivity index (χ4v) is 3.66. The van der Waals surface area contributed by atoms with Crippen LogP contribution in [0.25, 0.3) is 0 Å². The molecule has 0 saturated heterocycles. The van der Waals surface area contributed by atoms with Crippen molar-refractivity contribution in [2.75, 3.05) is 5.73 Å². The van der Waals surface area contributed by atoms with E-state index in [0.717, 1.165) is 4.31 Å². The van der Waals surface area contributed by atoms with Crippen molar-refractivity contribution >= 4 is 21.6 Å². The van der Waals surface area contributed by atoms with Gasteiger partial charge in [-0.15, -0.1) is 0 Å². The zero-order valence-corrected chi connectivity index (χ0v) is 11.2. The number of pyridine rings is 1. The van der Waals surface area contributed by atoms with E-state index in [0.29, 0.717) is 11.4 Å². The van der Waals surface area contributed by atoms with Crippen LogP contribution in [0.2, 0.25) is 0 Å². The van der Waals surface area contributed by atoms with Crippen LogP contribution in [-0.4, -0.2) is 23.6 Å². The van der Waals surface area contributed by atoms with Gasteiger partial charge in [-0.2, -0.15) is 0 Å². The summed E-state index contributed by atoms with van der Waals surface area (Å²) in [5.74, 6) is -0.537. The van der Waals surface area contributed by atoms with E-state index in [1.807, 2.05) is 0 Å². The first-order valence-electron chi connectivity index (χ1n) is 5.86. The van der Waals surface area contributed by atoms with Crippen LogP contribution in [0.1, 0.15) is 16.1 Å². The molecule has 20 heavy (non-hydrogen) atoms. The first-order valence-corrected chi connectivity index (χ1v) is 7.30. The molecule has 3 rings (SSSR count). The zero-order chi connectivity index (χ0) is 14.3. The third-order valence-corrected chi connectivity index (χ3v) is 4.85. The molecule has 0 spiro atoms. The molecular formula is C13H11N3O3S. The van der Waals surface area contributed by atoms with Crippen molar-refractivity contribution in [3.05, 3.63) is 53.9 Å². The Morgan fingerprint density at radius 2 is 1.95 bits per heavy atom. The summed E-state index contributed by atoms with van der Waals surface area (Å²) in [6, 6.07) is 9.29. The highest BCUT2D eigenvalue weighted by atomic mass is 32.2. The Balaban J connectivity index is 2.03. The van der Waals surface area contributed by atoms with Crippen molar-refractivity contribution < 1.29 is 13.2 Å². The van der Waals surface area contributed by atoms with Crippen molar-refractivity contribution in [2.45, 2.75) is 11.4 Å². The van der Waals surface area contributed by atoms with Gasteiger partial charge in [-0.05, 0) is 24.3 Å². The Kier molecular flexibility index (Phi) is 2.72. The number of nitrogens with zero attached hydrogens (tertiary/aromatic N) is 2. The van der Waals surface area contributed by atoms with E-state index in [2.05, 4.69) is 4.98 Å². The van der Waals surface area contributed by atoms with Crippen LogP contribution >= 0.6 is 0 Å². The molecule has 1 aliphatic heterocycles. The SMILES string of the molecule is Nc1ccnc(CN2C(=O)c3ccccc3S2(=O)=O)c1. The van der Waals surface area contributed by atoms with Gasteiger partial charge in [-0.3, -0.25) is 9.78 Å². The Morgan fingerprint density at radius 1 is 1.20 bits per heavy atom. The van der Waals surface area contributed by atoms with Gasteiger partial charge in [0.2, 0.25) is 0 Å². The number of rotatable bonds is 2. The molecule has 1 aromatic carbocycles. The van der Waals surface area contributed by atoms with Gasteiger partial charge in [-0.1, -0.05) is 12.1 Å². The molecule has 6 nitrogen and oxygen atoms in total. The van der Waals surface area contributed by atoms with E-state index in [4.69, 9.17) is 5.73 Å². The fourth-order valence-electron chi connectivity index (χ4n) is 2.12. The van der Waals surface area contributed by atoms with E-state index < -0.39 is 15.9 Å². The van der Waals surface area contributed by atoms with Gasteiger partial charge in [0, 0.05) is 11.9 Å². The van der Waals surface area contributed by atoms with Crippen molar-refractivity contribution in [1.82, 2.24) is 9.29 Å². The summed E-state index contributed by atoms with van der Waals surface area (Å²) < 4.78 is 25.5. The summed E-state index contributed by atoms with van der Waals surface area (Å²) in [6.07, 6.45) is 1.48. The summed E-state index contributed by atoms with van der Waals surface area (Å²) in [5, 5.41) is 0. The Morgan fingerprint density at radius 3 is 2.65 bits per heavy atom. The van der Waals surface area contributed by atoms with E-state index >= 15 is 0 Å². The molecule has 2 N–H and O–H groups in total. The predicted molar refractivity (Wildman–Crippen MR) is 72.2 cm³/mol. The number of nitrogens with two attached hydrogens (primary N) is 1. The molecule has 0 aliphatic carbocycles. The molecule has 0 fully saturated rings. The third-order valence-electron chi connectivity index (χ3n) is 3.06. The maximum atomic E-state index is 12.3. The molecule has 0 radical (unpaired) electrons. The summed E-state index contributed by atoms with van der Waals surface area (Å²) in [5.41, 5.74) is 6.71. The molecule has 1 aliphatic rings. The van der Waals surface area contributed by atoms with E-state index in [-0.39, 0.29) is 17.0 Å². The van der Waals surface area contributed by atoms with Crippen LogP contribution in [0.3, 0.4) is 0 Å². The van der Waals surface area contributed by atoms with Crippen LogP contribution in [0.15, 0.2) is 47.5 Å². The fraction of sp³-hybridized carbons (Fsp3) is 0.0769. The first-order chi connectivity index (χ1) is 9.50. The molecular weight excluding hydrogens is 278 g/mol. The van der Waals surface area contributed by atoms with Crippen LogP contribution < -0.4 is 5.73 Å². The van der Waals surface area contributed by atoms with E-state index in [9.17, 15) is 13.2 Å². The number of amides is 1. The minimum Gasteiger partial charge on any atom is -0.399 e. The summed E-state index contributed by atoms with van der Waals surface area (Å²) in [7, 11) is -3.80. The first kappa shape index (κ1) is 12.6. The van der Waals surface area contributed by atoms with Crippen molar-refractivity contribution in [1.29, 1.82) is 0 Å².